The van der Waals surface area contributed by atoms with Crippen LogP contribution in [0.25, 0.3) is 11.0 Å². The Hall–Kier alpha value is -2.04. The SMILES string of the molecule is CCC(CNc1ccc2nc(C)[nH]c2c1)C(=O)OC. The van der Waals surface area contributed by atoms with E-state index in [1.54, 1.807) is 0 Å². The fraction of sp³-hybridized carbons (Fsp3) is 0.429. The second kappa shape index (κ2) is 5.73. The molecular formula is C14H19N3O2. The summed E-state index contributed by atoms with van der Waals surface area (Å²) in [6, 6.07) is 5.92. The fourth-order valence-corrected chi connectivity index (χ4v) is 2.05. The number of esters is 1. The van der Waals surface area contributed by atoms with Crippen LogP contribution in [0, 0.1) is 12.8 Å². The zero-order valence-corrected chi connectivity index (χ0v) is 11.5. The molecule has 1 heterocycles. The number of aryl methyl sites for hydroxylation is 1. The summed E-state index contributed by atoms with van der Waals surface area (Å²) in [4.78, 5) is 19.0. The molecule has 0 amide bonds. The molecule has 0 aliphatic rings. The lowest BCUT2D eigenvalue weighted by atomic mass is 10.1. The molecule has 0 aliphatic heterocycles. The van der Waals surface area contributed by atoms with E-state index in [-0.39, 0.29) is 11.9 Å². The van der Waals surface area contributed by atoms with Crippen molar-refractivity contribution in [3.63, 3.8) is 0 Å². The number of carbonyl (C=O) groups is 1. The zero-order valence-electron chi connectivity index (χ0n) is 11.5. The summed E-state index contributed by atoms with van der Waals surface area (Å²) in [7, 11) is 1.42. The predicted octanol–water partition coefficient (Wildman–Crippen LogP) is 2.48. The van der Waals surface area contributed by atoms with Gasteiger partial charge in [-0.1, -0.05) is 6.92 Å². The highest BCUT2D eigenvalue weighted by Gasteiger charge is 2.16. The molecule has 0 saturated carbocycles. The van der Waals surface area contributed by atoms with Crippen LogP contribution in [0.4, 0.5) is 5.69 Å². The first-order valence-corrected chi connectivity index (χ1v) is 6.42. The quantitative estimate of drug-likeness (QED) is 0.811. The monoisotopic (exact) mass is 261 g/mol. The average molecular weight is 261 g/mol. The van der Waals surface area contributed by atoms with E-state index in [1.807, 2.05) is 32.0 Å². The van der Waals surface area contributed by atoms with Gasteiger partial charge < -0.3 is 15.0 Å². The molecule has 0 bridgehead atoms. The van der Waals surface area contributed by atoms with Crippen LogP contribution in [0.5, 0.6) is 0 Å². The van der Waals surface area contributed by atoms with E-state index in [0.29, 0.717) is 6.54 Å². The van der Waals surface area contributed by atoms with Crippen molar-refractivity contribution in [2.75, 3.05) is 19.0 Å². The number of hydrogen-bond donors (Lipinski definition) is 2. The second-order valence-electron chi connectivity index (χ2n) is 4.56. The molecule has 5 heteroatoms. The topological polar surface area (TPSA) is 67.0 Å². The van der Waals surface area contributed by atoms with Crippen molar-refractivity contribution in [2.45, 2.75) is 20.3 Å². The molecule has 1 aromatic carbocycles. The number of hydrogen-bond acceptors (Lipinski definition) is 4. The van der Waals surface area contributed by atoms with Crippen LogP contribution in [0.1, 0.15) is 19.2 Å². The van der Waals surface area contributed by atoms with E-state index < -0.39 is 0 Å². The molecule has 5 nitrogen and oxygen atoms in total. The minimum Gasteiger partial charge on any atom is -0.469 e. The number of ether oxygens (including phenoxy) is 1. The van der Waals surface area contributed by atoms with Gasteiger partial charge in [-0.2, -0.15) is 0 Å². The third kappa shape index (κ3) is 3.05. The molecular weight excluding hydrogens is 242 g/mol. The number of aromatic amines is 1. The van der Waals surface area contributed by atoms with Gasteiger partial charge in [-0.3, -0.25) is 4.79 Å². The molecule has 0 fully saturated rings. The summed E-state index contributed by atoms with van der Waals surface area (Å²) in [6.45, 7) is 4.48. The van der Waals surface area contributed by atoms with Crippen LogP contribution in [-0.2, 0) is 9.53 Å². The average Bonchev–Trinajstić information content (AvgIpc) is 2.78. The Morgan fingerprint density at radius 2 is 2.32 bits per heavy atom. The first-order valence-electron chi connectivity index (χ1n) is 6.42. The molecule has 2 rings (SSSR count). The molecule has 1 aromatic heterocycles. The molecule has 1 unspecified atom stereocenters. The normalized spacial score (nSPS) is 12.4. The van der Waals surface area contributed by atoms with Gasteiger partial charge in [0.05, 0.1) is 24.1 Å². The number of imidazole rings is 1. The van der Waals surface area contributed by atoms with Gasteiger partial charge in [0, 0.05) is 12.2 Å². The number of fused-ring (bicyclic) bond motifs is 1. The van der Waals surface area contributed by atoms with E-state index in [0.717, 1.165) is 29.0 Å². The van der Waals surface area contributed by atoms with Crippen molar-refractivity contribution in [2.24, 2.45) is 5.92 Å². The summed E-state index contributed by atoms with van der Waals surface area (Å²) in [5, 5.41) is 3.26. The summed E-state index contributed by atoms with van der Waals surface area (Å²) in [5.41, 5.74) is 2.91. The van der Waals surface area contributed by atoms with E-state index in [4.69, 9.17) is 4.74 Å². The number of benzene rings is 1. The number of nitrogens with one attached hydrogen (secondary N) is 2. The van der Waals surface area contributed by atoms with Crippen LogP contribution in [-0.4, -0.2) is 29.6 Å². The lowest BCUT2D eigenvalue weighted by molar-refractivity contribution is -0.145. The van der Waals surface area contributed by atoms with E-state index >= 15 is 0 Å². The molecule has 0 saturated heterocycles. The van der Waals surface area contributed by atoms with Crippen molar-refractivity contribution < 1.29 is 9.53 Å². The number of rotatable bonds is 5. The number of H-pyrrole nitrogens is 1. The van der Waals surface area contributed by atoms with Gasteiger partial charge in [0.25, 0.3) is 0 Å². The Bertz CT molecular complexity index is 577. The van der Waals surface area contributed by atoms with Gasteiger partial charge >= 0.3 is 5.97 Å². The number of carbonyl (C=O) groups excluding carboxylic acids is 1. The third-order valence-electron chi connectivity index (χ3n) is 3.18. The van der Waals surface area contributed by atoms with Gasteiger partial charge in [0.2, 0.25) is 0 Å². The molecule has 19 heavy (non-hydrogen) atoms. The molecule has 1 atom stereocenters. The van der Waals surface area contributed by atoms with Crippen LogP contribution in [0.15, 0.2) is 18.2 Å². The minimum absolute atomic E-state index is 0.121. The second-order valence-corrected chi connectivity index (χ2v) is 4.56. The lowest BCUT2D eigenvalue weighted by Crippen LogP contribution is -2.23. The Labute approximate surface area is 112 Å². The van der Waals surface area contributed by atoms with Crippen molar-refractivity contribution in [3.05, 3.63) is 24.0 Å². The molecule has 2 aromatic rings. The molecule has 102 valence electrons. The maximum absolute atomic E-state index is 11.5. The molecule has 0 spiro atoms. The Morgan fingerprint density at radius 3 is 3.00 bits per heavy atom. The standard InChI is InChI=1S/C14H19N3O2/c1-4-10(14(18)19-3)8-15-11-5-6-12-13(7-11)17-9(2)16-12/h5-7,10,15H,4,8H2,1-3H3,(H,16,17). The Balaban J connectivity index is 2.06. The van der Waals surface area contributed by atoms with Gasteiger partial charge in [-0.25, -0.2) is 4.98 Å². The van der Waals surface area contributed by atoms with Crippen LogP contribution in [0.2, 0.25) is 0 Å². The smallest absolute Gasteiger partial charge is 0.310 e. The van der Waals surface area contributed by atoms with Crippen LogP contribution < -0.4 is 5.32 Å². The number of aromatic nitrogens is 2. The van der Waals surface area contributed by atoms with Crippen LogP contribution in [0.3, 0.4) is 0 Å². The van der Waals surface area contributed by atoms with Gasteiger partial charge in [0.15, 0.2) is 0 Å². The van der Waals surface area contributed by atoms with E-state index in [2.05, 4.69) is 15.3 Å². The highest BCUT2D eigenvalue weighted by atomic mass is 16.5. The summed E-state index contributed by atoms with van der Waals surface area (Å²) >= 11 is 0. The fourth-order valence-electron chi connectivity index (χ4n) is 2.05. The first kappa shape index (κ1) is 13.4. The van der Waals surface area contributed by atoms with Gasteiger partial charge in [0.1, 0.15) is 5.82 Å². The molecule has 0 aliphatic carbocycles. The highest BCUT2D eigenvalue weighted by molar-refractivity contribution is 5.79. The largest absolute Gasteiger partial charge is 0.469 e. The van der Waals surface area contributed by atoms with Crippen molar-refractivity contribution in [1.82, 2.24) is 9.97 Å². The first-order chi connectivity index (χ1) is 9.13. The number of nitrogens with zero attached hydrogens (tertiary/aromatic N) is 1. The van der Waals surface area contributed by atoms with Crippen molar-refractivity contribution >= 4 is 22.7 Å². The maximum Gasteiger partial charge on any atom is 0.310 e. The third-order valence-corrected chi connectivity index (χ3v) is 3.18. The zero-order chi connectivity index (χ0) is 13.8. The summed E-state index contributed by atoms with van der Waals surface area (Å²) in [5.74, 6) is 0.603. The Morgan fingerprint density at radius 1 is 1.53 bits per heavy atom. The summed E-state index contributed by atoms with van der Waals surface area (Å²) in [6.07, 6.45) is 0.755. The Kier molecular flexibility index (Phi) is 4.04. The summed E-state index contributed by atoms with van der Waals surface area (Å²) < 4.78 is 4.77. The predicted molar refractivity (Wildman–Crippen MR) is 75.1 cm³/mol. The minimum atomic E-state index is -0.173. The van der Waals surface area contributed by atoms with Gasteiger partial charge in [-0.05, 0) is 31.5 Å². The maximum atomic E-state index is 11.5. The van der Waals surface area contributed by atoms with E-state index in [9.17, 15) is 4.79 Å². The molecule has 0 radical (unpaired) electrons. The number of anilines is 1. The van der Waals surface area contributed by atoms with Gasteiger partial charge in [-0.15, -0.1) is 0 Å². The highest BCUT2D eigenvalue weighted by Crippen LogP contribution is 2.18. The number of methoxy groups -OCH3 is 1. The van der Waals surface area contributed by atoms with Crippen molar-refractivity contribution in [3.8, 4) is 0 Å². The van der Waals surface area contributed by atoms with Crippen LogP contribution >= 0.6 is 0 Å². The van der Waals surface area contributed by atoms with E-state index in [1.165, 1.54) is 7.11 Å². The lowest BCUT2D eigenvalue weighted by Gasteiger charge is -2.14. The van der Waals surface area contributed by atoms with Crippen molar-refractivity contribution in [1.29, 1.82) is 0 Å². The molecule has 2 N–H and O–H groups in total.